The van der Waals surface area contributed by atoms with Gasteiger partial charge in [-0.15, -0.1) is 0 Å². The smallest absolute Gasteiger partial charge is 0.252 e. The lowest BCUT2D eigenvalue weighted by Crippen LogP contribution is -2.27. The molecule has 1 aliphatic heterocycles. The number of anilines is 1. The molecule has 1 fully saturated rings. The van der Waals surface area contributed by atoms with E-state index in [1.165, 1.54) is 6.07 Å². The molecular formula is C18H19N5O3. The van der Waals surface area contributed by atoms with Gasteiger partial charge in [0.15, 0.2) is 5.76 Å². The van der Waals surface area contributed by atoms with Crippen LogP contribution in [0.5, 0.6) is 0 Å². The Hall–Kier alpha value is -3.00. The Labute approximate surface area is 149 Å². The van der Waals surface area contributed by atoms with Crippen molar-refractivity contribution in [2.45, 2.75) is 25.5 Å². The van der Waals surface area contributed by atoms with Gasteiger partial charge in [-0.05, 0) is 25.0 Å². The highest BCUT2D eigenvalue weighted by atomic mass is 16.5. The second kappa shape index (κ2) is 7.09. The summed E-state index contributed by atoms with van der Waals surface area (Å²) in [6.07, 6.45) is 3.60. The van der Waals surface area contributed by atoms with Gasteiger partial charge in [0, 0.05) is 32.0 Å². The molecule has 1 atom stereocenters. The minimum absolute atomic E-state index is 0.0269. The first-order valence-corrected chi connectivity index (χ1v) is 8.48. The van der Waals surface area contributed by atoms with E-state index in [9.17, 15) is 4.79 Å². The molecule has 3 aromatic rings. The predicted molar refractivity (Wildman–Crippen MR) is 94.6 cm³/mol. The molecule has 4 rings (SSSR count). The maximum absolute atomic E-state index is 12.0. The van der Waals surface area contributed by atoms with Gasteiger partial charge in [0.25, 0.3) is 5.56 Å². The molecule has 1 aliphatic rings. The zero-order chi connectivity index (χ0) is 17.9. The second-order valence-corrected chi connectivity index (χ2v) is 6.17. The summed E-state index contributed by atoms with van der Waals surface area (Å²) >= 11 is 0. The van der Waals surface area contributed by atoms with Gasteiger partial charge in [0.05, 0.1) is 24.0 Å². The number of ether oxygens (including phenoxy) is 1. The van der Waals surface area contributed by atoms with E-state index >= 15 is 0 Å². The van der Waals surface area contributed by atoms with Gasteiger partial charge in [-0.3, -0.25) is 14.8 Å². The molecule has 0 amide bonds. The molecule has 0 aromatic carbocycles. The van der Waals surface area contributed by atoms with Crippen LogP contribution >= 0.6 is 0 Å². The fourth-order valence-corrected chi connectivity index (χ4v) is 3.25. The van der Waals surface area contributed by atoms with Crippen molar-refractivity contribution in [3.8, 4) is 11.4 Å². The molecule has 8 heteroatoms. The number of H-pyrrole nitrogens is 1. The number of hydrogen-bond donors (Lipinski definition) is 1. The lowest BCUT2D eigenvalue weighted by atomic mass is 10.1. The van der Waals surface area contributed by atoms with Gasteiger partial charge < -0.3 is 14.2 Å². The van der Waals surface area contributed by atoms with E-state index in [0.717, 1.165) is 30.8 Å². The summed E-state index contributed by atoms with van der Waals surface area (Å²) in [5, 5.41) is 4.15. The highest BCUT2D eigenvalue weighted by Crippen LogP contribution is 2.35. The van der Waals surface area contributed by atoms with Crippen LogP contribution in [-0.4, -0.2) is 33.8 Å². The third kappa shape index (κ3) is 3.23. The Balaban J connectivity index is 1.63. The number of pyridine rings is 1. The molecule has 3 aromatic heterocycles. The summed E-state index contributed by atoms with van der Waals surface area (Å²) in [5.74, 6) is 1.27. The van der Waals surface area contributed by atoms with Crippen molar-refractivity contribution in [3.05, 3.63) is 58.3 Å². The van der Waals surface area contributed by atoms with E-state index < -0.39 is 0 Å². The first kappa shape index (κ1) is 16.5. The average molecular weight is 353 g/mol. The van der Waals surface area contributed by atoms with Crippen molar-refractivity contribution in [1.29, 1.82) is 0 Å². The lowest BCUT2D eigenvalue weighted by Gasteiger charge is -2.23. The Kier molecular flexibility index (Phi) is 4.49. The van der Waals surface area contributed by atoms with Crippen LogP contribution in [0.4, 0.5) is 5.95 Å². The highest BCUT2D eigenvalue weighted by Gasteiger charge is 2.31. The van der Waals surface area contributed by atoms with Crippen LogP contribution in [0, 0.1) is 0 Å². The van der Waals surface area contributed by atoms with Crippen LogP contribution in [0.25, 0.3) is 11.4 Å². The SMILES string of the molecule is COCc1cc(=O)[nH]c(N2CCCC2c2cc(-c3ccccn3)no2)n1. The summed E-state index contributed by atoms with van der Waals surface area (Å²) in [5.41, 5.74) is 1.87. The van der Waals surface area contributed by atoms with Gasteiger partial charge in [-0.25, -0.2) is 4.98 Å². The first-order chi connectivity index (χ1) is 12.7. The van der Waals surface area contributed by atoms with Gasteiger partial charge in [-0.1, -0.05) is 11.2 Å². The maximum atomic E-state index is 12.0. The quantitative estimate of drug-likeness (QED) is 0.751. The molecule has 1 saturated heterocycles. The fourth-order valence-electron chi connectivity index (χ4n) is 3.25. The molecule has 0 aliphatic carbocycles. The van der Waals surface area contributed by atoms with Crippen molar-refractivity contribution >= 4 is 5.95 Å². The van der Waals surface area contributed by atoms with Crippen LogP contribution in [-0.2, 0) is 11.3 Å². The van der Waals surface area contributed by atoms with E-state index in [1.54, 1.807) is 13.3 Å². The normalized spacial score (nSPS) is 17.0. The Morgan fingerprint density at radius 1 is 1.35 bits per heavy atom. The third-order valence-electron chi connectivity index (χ3n) is 4.38. The number of rotatable bonds is 5. The Morgan fingerprint density at radius 2 is 2.27 bits per heavy atom. The molecule has 134 valence electrons. The number of hydrogen-bond acceptors (Lipinski definition) is 7. The maximum Gasteiger partial charge on any atom is 0.252 e. The minimum atomic E-state index is -0.195. The molecule has 0 saturated carbocycles. The molecule has 8 nitrogen and oxygen atoms in total. The number of aromatic amines is 1. The van der Waals surface area contributed by atoms with Gasteiger partial charge in [0.2, 0.25) is 5.95 Å². The minimum Gasteiger partial charge on any atom is -0.378 e. The number of nitrogens with one attached hydrogen (secondary N) is 1. The van der Waals surface area contributed by atoms with Gasteiger partial charge in [-0.2, -0.15) is 0 Å². The highest BCUT2D eigenvalue weighted by molar-refractivity contribution is 5.54. The molecule has 0 radical (unpaired) electrons. The number of methoxy groups -OCH3 is 1. The molecule has 4 heterocycles. The van der Waals surface area contributed by atoms with Crippen LogP contribution in [0.3, 0.4) is 0 Å². The van der Waals surface area contributed by atoms with Crippen molar-refractivity contribution in [1.82, 2.24) is 20.1 Å². The fraction of sp³-hybridized carbons (Fsp3) is 0.333. The molecule has 26 heavy (non-hydrogen) atoms. The van der Waals surface area contributed by atoms with E-state index in [0.29, 0.717) is 23.9 Å². The topological polar surface area (TPSA) is 97.1 Å². The van der Waals surface area contributed by atoms with Crippen LogP contribution in [0.1, 0.15) is 30.3 Å². The van der Waals surface area contributed by atoms with Crippen molar-refractivity contribution in [2.75, 3.05) is 18.6 Å². The summed E-state index contributed by atoms with van der Waals surface area (Å²) in [7, 11) is 1.58. The Morgan fingerprint density at radius 3 is 3.08 bits per heavy atom. The van der Waals surface area contributed by atoms with Crippen LogP contribution < -0.4 is 10.5 Å². The van der Waals surface area contributed by atoms with Crippen molar-refractivity contribution in [3.63, 3.8) is 0 Å². The zero-order valence-corrected chi connectivity index (χ0v) is 14.4. The van der Waals surface area contributed by atoms with Gasteiger partial charge >= 0.3 is 0 Å². The molecule has 0 spiro atoms. The summed E-state index contributed by atoms with van der Waals surface area (Å²) < 4.78 is 10.7. The predicted octanol–water partition coefficient (Wildman–Crippen LogP) is 2.31. The number of nitrogens with zero attached hydrogens (tertiary/aromatic N) is 4. The molecular weight excluding hydrogens is 334 g/mol. The molecule has 1 N–H and O–H groups in total. The largest absolute Gasteiger partial charge is 0.378 e. The lowest BCUT2D eigenvalue weighted by molar-refractivity contribution is 0.181. The standard InChI is InChI=1S/C18H19N5O3/c1-25-11-12-9-17(24)21-18(20-12)23-8-4-6-15(23)16-10-14(22-26-16)13-5-2-3-7-19-13/h2-3,5,7,9-10,15H,4,6,8,11H2,1H3,(H,20,21,24). The zero-order valence-electron chi connectivity index (χ0n) is 14.4. The van der Waals surface area contributed by atoms with Crippen molar-refractivity contribution in [2.24, 2.45) is 0 Å². The second-order valence-electron chi connectivity index (χ2n) is 6.17. The summed E-state index contributed by atoms with van der Waals surface area (Å²) in [4.78, 5) is 25.6. The first-order valence-electron chi connectivity index (χ1n) is 8.48. The van der Waals surface area contributed by atoms with Crippen LogP contribution in [0.15, 0.2) is 45.8 Å². The van der Waals surface area contributed by atoms with E-state index in [1.807, 2.05) is 29.2 Å². The van der Waals surface area contributed by atoms with Crippen LogP contribution in [0.2, 0.25) is 0 Å². The summed E-state index contributed by atoms with van der Waals surface area (Å²) in [6, 6.07) is 8.99. The van der Waals surface area contributed by atoms with E-state index in [2.05, 4.69) is 20.1 Å². The monoisotopic (exact) mass is 353 g/mol. The molecule has 1 unspecified atom stereocenters. The molecule has 0 bridgehead atoms. The van der Waals surface area contributed by atoms with E-state index in [4.69, 9.17) is 9.26 Å². The third-order valence-corrected chi connectivity index (χ3v) is 4.38. The van der Waals surface area contributed by atoms with E-state index in [-0.39, 0.29) is 11.6 Å². The Bertz CT molecular complexity index is 937. The van der Waals surface area contributed by atoms with Crippen molar-refractivity contribution < 1.29 is 9.26 Å². The number of aromatic nitrogens is 4. The van der Waals surface area contributed by atoms with Gasteiger partial charge in [0.1, 0.15) is 5.69 Å². The summed E-state index contributed by atoms with van der Waals surface area (Å²) in [6.45, 7) is 1.07. The average Bonchev–Trinajstić information content (AvgIpc) is 3.31.